The maximum Gasteiger partial charge on any atom is 0.418 e. The van der Waals surface area contributed by atoms with Gasteiger partial charge in [0.15, 0.2) is 0 Å². The summed E-state index contributed by atoms with van der Waals surface area (Å²) in [6, 6.07) is 4.07. The van der Waals surface area contributed by atoms with Crippen molar-refractivity contribution in [2.24, 2.45) is 0 Å². The molecule has 12 nitrogen and oxygen atoms in total. The first kappa shape index (κ1) is 34.6. The summed E-state index contributed by atoms with van der Waals surface area (Å²) in [7, 11) is 0. The van der Waals surface area contributed by atoms with Gasteiger partial charge in [0.25, 0.3) is 11.8 Å². The molecule has 1 fully saturated rings. The molecule has 0 radical (unpaired) electrons. The molecule has 3 heterocycles. The van der Waals surface area contributed by atoms with Crippen LogP contribution in [0, 0.1) is 19.7 Å². The third-order valence-corrected chi connectivity index (χ3v) is 8.14. The van der Waals surface area contributed by atoms with E-state index in [1.54, 1.807) is 24.8 Å². The summed E-state index contributed by atoms with van der Waals surface area (Å²) in [6.45, 7) is 16.8. The Balaban J connectivity index is 1.50. The smallest absolute Gasteiger partial charge is 0.418 e. The van der Waals surface area contributed by atoms with E-state index in [1.165, 1.54) is 18.2 Å². The minimum Gasteiger partial charge on any atom is -0.444 e. The molecule has 0 saturated carbocycles. The van der Waals surface area contributed by atoms with Gasteiger partial charge in [0.2, 0.25) is 0 Å². The molecule has 0 aliphatic carbocycles. The molecule has 2 aliphatic heterocycles. The number of aryl methyl sites for hydroxylation is 1. The van der Waals surface area contributed by atoms with Crippen LogP contribution in [-0.4, -0.2) is 113 Å². The van der Waals surface area contributed by atoms with E-state index in [0.717, 1.165) is 18.0 Å². The predicted molar refractivity (Wildman–Crippen MR) is 173 cm³/mol. The standard InChI is InChI=1S/C33H45FN6O6/c1-8-37(9-2)14-17-40(32(44)45-20-38-12-15-39(16-13-38)31(43)46-33(5,6)7)30(42)28-21(3)27(35-22(28)4)19-25-24-18-23(34)10-11-26(24)36-29(25)41/h10-11,18-19,35H,8-9,12-17,20H2,1-7H3,(H,36,41)/b25-19-. The molecule has 13 heteroatoms. The van der Waals surface area contributed by atoms with Gasteiger partial charge in [-0.05, 0) is 77.5 Å². The lowest BCUT2D eigenvalue weighted by Gasteiger charge is -2.35. The van der Waals surface area contributed by atoms with Crippen molar-refractivity contribution in [2.75, 3.05) is 64.4 Å². The van der Waals surface area contributed by atoms with E-state index in [1.807, 2.05) is 39.5 Å². The zero-order chi connectivity index (χ0) is 33.8. The van der Waals surface area contributed by atoms with Crippen LogP contribution >= 0.6 is 0 Å². The Labute approximate surface area is 269 Å². The van der Waals surface area contributed by atoms with E-state index in [2.05, 4.69) is 15.2 Å². The molecular weight excluding hydrogens is 595 g/mol. The van der Waals surface area contributed by atoms with Crippen molar-refractivity contribution >= 4 is 41.3 Å². The number of carbonyl (C=O) groups is 4. The summed E-state index contributed by atoms with van der Waals surface area (Å²) in [5, 5.41) is 2.73. The average molecular weight is 641 g/mol. The Kier molecular flexibility index (Phi) is 10.9. The fourth-order valence-electron chi connectivity index (χ4n) is 5.49. The molecule has 2 aliphatic rings. The average Bonchev–Trinajstić information content (AvgIpc) is 3.46. The van der Waals surface area contributed by atoms with Gasteiger partial charge in [0.05, 0.1) is 11.1 Å². The van der Waals surface area contributed by atoms with Gasteiger partial charge in [-0.2, -0.15) is 0 Å². The Morgan fingerprint density at radius 1 is 1.04 bits per heavy atom. The number of benzene rings is 1. The molecule has 250 valence electrons. The zero-order valence-electron chi connectivity index (χ0n) is 27.8. The number of piperazine rings is 1. The highest BCUT2D eigenvalue weighted by Crippen LogP contribution is 2.34. The van der Waals surface area contributed by atoms with Crippen LogP contribution in [0.3, 0.4) is 0 Å². The van der Waals surface area contributed by atoms with Crippen LogP contribution in [-0.2, 0) is 14.3 Å². The third kappa shape index (κ3) is 8.13. The fraction of sp³-hybridized carbons (Fsp3) is 0.515. The maximum absolute atomic E-state index is 14.0. The molecule has 0 atom stereocenters. The molecule has 0 unspecified atom stereocenters. The normalized spacial score (nSPS) is 16.1. The number of rotatable bonds is 9. The number of halogens is 1. The highest BCUT2D eigenvalue weighted by atomic mass is 19.1. The van der Waals surface area contributed by atoms with E-state index in [0.29, 0.717) is 66.5 Å². The molecule has 1 saturated heterocycles. The number of aromatic amines is 1. The number of likely N-dealkylation sites (N-methyl/N-ethyl adjacent to an activating group) is 1. The van der Waals surface area contributed by atoms with Gasteiger partial charge < -0.3 is 29.6 Å². The fourth-order valence-corrected chi connectivity index (χ4v) is 5.49. The number of aromatic nitrogens is 1. The van der Waals surface area contributed by atoms with Crippen molar-refractivity contribution in [1.29, 1.82) is 0 Å². The second-order valence-electron chi connectivity index (χ2n) is 12.5. The maximum atomic E-state index is 14.0. The van der Waals surface area contributed by atoms with E-state index in [4.69, 9.17) is 9.47 Å². The van der Waals surface area contributed by atoms with Gasteiger partial charge in [-0.15, -0.1) is 0 Å². The number of hydrogen-bond donors (Lipinski definition) is 2. The molecule has 4 rings (SSSR count). The number of carbonyl (C=O) groups excluding carboxylic acids is 4. The topological polar surface area (TPSA) is 128 Å². The summed E-state index contributed by atoms with van der Waals surface area (Å²) < 4.78 is 25.1. The van der Waals surface area contributed by atoms with Crippen molar-refractivity contribution in [3.8, 4) is 0 Å². The van der Waals surface area contributed by atoms with Crippen molar-refractivity contribution in [3.05, 3.63) is 52.1 Å². The number of nitrogens with one attached hydrogen (secondary N) is 2. The van der Waals surface area contributed by atoms with Gasteiger partial charge in [-0.1, -0.05) is 13.8 Å². The Bertz CT molecular complexity index is 1500. The quantitative estimate of drug-likeness (QED) is 0.378. The van der Waals surface area contributed by atoms with E-state index < -0.39 is 23.4 Å². The van der Waals surface area contributed by atoms with Crippen LogP contribution < -0.4 is 5.32 Å². The first-order valence-electron chi connectivity index (χ1n) is 15.7. The number of amides is 4. The molecule has 0 spiro atoms. The summed E-state index contributed by atoms with van der Waals surface area (Å²) in [5.41, 5.74) is 2.48. The number of hydrogen-bond acceptors (Lipinski definition) is 8. The van der Waals surface area contributed by atoms with Crippen LogP contribution in [0.15, 0.2) is 18.2 Å². The summed E-state index contributed by atoms with van der Waals surface area (Å²) in [4.78, 5) is 62.5. The SMILES string of the molecule is CCN(CC)CCN(C(=O)OCN1CCN(C(=O)OC(C)(C)C)CC1)C(=O)c1c(C)[nH]c(/C=C2\C(=O)Nc3ccc(F)cc32)c1C. The molecule has 2 aromatic rings. The van der Waals surface area contributed by atoms with Crippen LogP contribution in [0.4, 0.5) is 19.7 Å². The van der Waals surface area contributed by atoms with Crippen LogP contribution in [0.1, 0.15) is 67.5 Å². The molecule has 1 aromatic carbocycles. The minimum absolute atomic E-state index is 0.0381. The molecule has 1 aromatic heterocycles. The summed E-state index contributed by atoms with van der Waals surface area (Å²) in [6.07, 6.45) is 0.440. The number of imide groups is 1. The van der Waals surface area contributed by atoms with E-state index in [-0.39, 0.29) is 30.8 Å². The number of H-pyrrole nitrogens is 1. The number of fused-ring (bicyclic) bond motifs is 1. The zero-order valence-corrected chi connectivity index (χ0v) is 27.8. The highest BCUT2D eigenvalue weighted by molar-refractivity contribution is 6.35. The molecular formula is C33H45FN6O6. The Hall–Kier alpha value is -4.23. The molecule has 46 heavy (non-hydrogen) atoms. The number of ether oxygens (including phenoxy) is 2. The number of nitrogens with zero attached hydrogens (tertiary/aromatic N) is 4. The van der Waals surface area contributed by atoms with Crippen molar-refractivity contribution in [3.63, 3.8) is 0 Å². The lowest BCUT2D eigenvalue weighted by atomic mass is 10.0. The van der Waals surface area contributed by atoms with Crippen molar-refractivity contribution < 1.29 is 33.0 Å². The minimum atomic E-state index is -0.772. The lowest BCUT2D eigenvalue weighted by Crippen LogP contribution is -2.51. The van der Waals surface area contributed by atoms with Gasteiger partial charge in [-0.25, -0.2) is 18.9 Å². The Morgan fingerprint density at radius 3 is 2.35 bits per heavy atom. The van der Waals surface area contributed by atoms with Crippen molar-refractivity contribution in [1.82, 2.24) is 24.6 Å². The van der Waals surface area contributed by atoms with Gasteiger partial charge in [0, 0.05) is 61.9 Å². The molecule has 4 amide bonds. The van der Waals surface area contributed by atoms with Crippen LogP contribution in [0.2, 0.25) is 0 Å². The van der Waals surface area contributed by atoms with Gasteiger partial charge in [0.1, 0.15) is 18.1 Å². The third-order valence-electron chi connectivity index (χ3n) is 8.14. The second-order valence-corrected chi connectivity index (χ2v) is 12.5. The molecule has 0 bridgehead atoms. The van der Waals surface area contributed by atoms with E-state index >= 15 is 0 Å². The second kappa shape index (κ2) is 14.5. The summed E-state index contributed by atoms with van der Waals surface area (Å²) in [5.74, 6) is -1.37. The molecule has 2 N–H and O–H groups in total. The predicted octanol–water partition coefficient (Wildman–Crippen LogP) is 4.69. The van der Waals surface area contributed by atoms with E-state index in [9.17, 15) is 23.6 Å². The first-order valence-corrected chi connectivity index (χ1v) is 15.7. The summed E-state index contributed by atoms with van der Waals surface area (Å²) >= 11 is 0. The lowest BCUT2D eigenvalue weighted by molar-refractivity contribution is -0.110. The van der Waals surface area contributed by atoms with Gasteiger partial charge >= 0.3 is 12.2 Å². The van der Waals surface area contributed by atoms with Crippen LogP contribution in [0.5, 0.6) is 0 Å². The highest BCUT2D eigenvalue weighted by Gasteiger charge is 2.32. The van der Waals surface area contributed by atoms with Gasteiger partial charge in [-0.3, -0.25) is 14.5 Å². The first-order chi connectivity index (χ1) is 21.7. The van der Waals surface area contributed by atoms with Crippen molar-refractivity contribution in [2.45, 2.75) is 54.1 Å². The monoisotopic (exact) mass is 640 g/mol. The Morgan fingerprint density at radius 2 is 1.72 bits per heavy atom. The largest absolute Gasteiger partial charge is 0.444 e. The van der Waals surface area contributed by atoms with Crippen LogP contribution in [0.25, 0.3) is 11.6 Å². The number of anilines is 1.